The first-order chi connectivity index (χ1) is 13.2. The van der Waals surface area contributed by atoms with Crippen molar-refractivity contribution in [2.45, 2.75) is 26.3 Å². The molecule has 2 heterocycles. The Balaban J connectivity index is 1.45. The van der Waals surface area contributed by atoms with Crippen LogP contribution in [0, 0.1) is 0 Å². The molecule has 0 bridgehead atoms. The number of benzene rings is 2. The summed E-state index contributed by atoms with van der Waals surface area (Å²) in [5.74, 6) is 0.263. The molecule has 6 heteroatoms. The lowest BCUT2D eigenvalue weighted by Crippen LogP contribution is -2.15. The van der Waals surface area contributed by atoms with Gasteiger partial charge in [-0.15, -0.1) is 0 Å². The van der Waals surface area contributed by atoms with E-state index in [1.165, 1.54) is 6.07 Å². The molecule has 0 saturated heterocycles. The van der Waals surface area contributed by atoms with Gasteiger partial charge in [-0.05, 0) is 42.7 Å². The first-order valence-electron chi connectivity index (χ1n) is 8.93. The molecule has 0 N–H and O–H groups in total. The van der Waals surface area contributed by atoms with Crippen LogP contribution in [-0.4, -0.2) is 11.2 Å². The fourth-order valence-electron chi connectivity index (χ4n) is 3.23. The summed E-state index contributed by atoms with van der Waals surface area (Å²) in [5, 5.41) is 0.917. The van der Waals surface area contributed by atoms with E-state index in [-0.39, 0.29) is 11.4 Å². The Labute approximate surface area is 154 Å². The largest absolute Gasteiger partial charge is 0.493 e. The van der Waals surface area contributed by atoms with Crippen molar-refractivity contribution in [3.8, 4) is 5.75 Å². The summed E-state index contributed by atoms with van der Waals surface area (Å²) >= 11 is 0. The molecule has 0 aliphatic carbocycles. The third-order valence-electron chi connectivity index (χ3n) is 4.55. The monoisotopic (exact) mass is 365 g/mol. The number of hydrogen-bond donors (Lipinski definition) is 0. The zero-order chi connectivity index (χ0) is 18.8. The van der Waals surface area contributed by atoms with Gasteiger partial charge in [0.25, 0.3) is 0 Å². The minimum Gasteiger partial charge on any atom is -0.493 e. The van der Waals surface area contributed by atoms with Crippen molar-refractivity contribution in [1.29, 1.82) is 0 Å². The highest BCUT2D eigenvalue weighted by Gasteiger charge is 2.09. The first-order valence-corrected chi connectivity index (χ1v) is 8.93. The number of aromatic nitrogens is 1. The molecular formula is C21H19NO5. The zero-order valence-electron chi connectivity index (χ0n) is 14.9. The maximum atomic E-state index is 12.0. The first kappa shape index (κ1) is 17.1. The van der Waals surface area contributed by atoms with Crippen LogP contribution in [-0.2, 0) is 13.0 Å². The Hall–Kier alpha value is -3.28. The van der Waals surface area contributed by atoms with Gasteiger partial charge in [-0.25, -0.2) is 9.59 Å². The number of nitrogens with zero attached hydrogens (tertiary/aromatic N) is 1. The smallest absolute Gasteiger partial charge is 0.419 e. The van der Waals surface area contributed by atoms with Gasteiger partial charge in [0.15, 0.2) is 5.58 Å². The van der Waals surface area contributed by atoms with Crippen molar-refractivity contribution >= 4 is 22.1 Å². The van der Waals surface area contributed by atoms with Crippen LogP contribution in [0.15, 0.2) is 67.0 Å². The summed E-state index contributed by atoms with van der Waals surface area (Å²) in [7, 11) is 0. The Morgan fingerprint density at radius 2 is 1.85 bits per heavy atom. The lowest BCUT2D eigenvalue weighted by atomic mass is 10.1. The van der Waals surface area contributed by atoms with Crippen LogP contribution in [0.1, 0.15) is 18.9 Å². The van der Waals surface area contributed by atoms with E-state index >= 15 is 0 Å². The van der Waals surface area contributed by atoms with Crippen molar-refractivity contribution < 1.29 is 13.6 Å². The summed E-state index contributed by atoms with van der Waals surface area (Å²) in [4.78, 5) is 23.6. The molecule has 0 radical (unpaired) electrons. The maximum absolute atomic E-state index is 12.0. The molecular weight excluding hydrogens is 346 g/mol. The third kappa shape index (κ3) is 3.38. The average molecular weight is 365 g/mol. The molecule has 0 fully saturated rings. The van der Waals surface area contributed by atoms with Crippen molar-refractivity contribution in [3.63, 3.8) is 0 Å². The normalized spacial score (nSPS) is 11.3. The average Bonchev–Trinajstić information content (AvgIpc) is 2.99. The number of hydrogen-bond acceptors (Lipinski definition) is 5. The number of fused-ring (bicyclic) bond motifs is 2. The van der Waals surface area contributed by atoms with Crippen LogP contribution in [0.4, 0.5) is 0 Å². The Morgan fingerprint density at radius 3 is 2.70 bits per heavy atom. The van der Waals surface area contributed by atoms with Crippen LogP contribution < -0.4 is 16.1 Å². The topological polar surface area (TPSA) is 74.6 Å². The summed E-state index contributed by atoms with van der Waals surface area (Å²) in [6, 6.07) is 14.4. The second-order valence-electron chi connectivity index (χ2n) is 6.29. The molecule has 138 valence electrons. The summed E-state index contributed by atoms with van der Waals surface area (Å²) < 4.78 is 17.9. The highest BCUT2D eigenvalue weighted by Crippen LogP contribution is 2.23. The van der Waals surface area contributed by atoms with Crippen molar-refractivity contribution in [1.82, 2.24) is 4.57 Å². The fourth-order valence-corrected chi connectivity index (χ4v) is 3.23. The summed E-state index contributed by atoms with van der Waals surface area (Å²) in [5.41, 5.74) is 2.48. The highest BCUT2D eigenvalue weighted by atomic mass is 16.5. The second kappa shape index (κ2) is 7.15. The number of oxazole rings is 1. The van der Waals surface area contributed by atoms with E-state index < -0.39 is 0 Å². The predicted molar refractivity (Wildman–Crippen MR) is 102 cm³/mol. The van der Waals surface area contributed by atoms with Crippen molar-refractivity contribution in [3.05, 3.63) is 75.1 Å². The molecule has 0 unspecified atom stereocenters. The van der Waals surface area contributed by atoms with Crippen LogP contribution in [0.5, 0.6) is 5.75 Å². The molecule has 4 aromatic rings. The van der Waals surface area contributed by atoms with Gasteiger partial charge in [0, 0.05) is 24.1 Å². The molecule has 0 atom stereocenters. The summed E-state index contributed by atoms with van der Waals surface area (Å²) in [6.45, 7) is 2.92. The van der Waals surface area contributed by atoms with Gasteiger partial charge in [-0.2, -0.15) is 0 Å². The quantitative estimate of drug-likeness (QED) is 0.384. The fraction of sp³-hybridized carbons (Fsp3) is 0.238. The minimum atomic E-state index is -0.365. The Morgan fingerprint density at radius 1 is 1.00 bits per heavy atom. The van der Waals surface area contributed by atoms with Gasteiger partial charge < -0.3 is 13.6 Å². The van der Waals surface area contributed by atoms with E-state index in [2.05, 4.69) is 0 Å². The third-order valence-corrected chi connectivity index (χ3v) is 4.55. The van der Waals surface area contributed by atoms with Gasteiger partial charge in [-0.1, -0.05) is 19.1 Å². The number of rotatable bonds is 6. The number of aryl methyl sites for hydroxylation is 2. The molecule has 27 heavy (non-hydrogen) atoms. The zero-order valence-corrected chi connectivity index (χ0v) is 14.9. The van der Waals surface area contributed by atoms with Crippen LogP contribution in [0.3, 0.4) is 0 Å². The predicted octanol–water partition coefficient (Wildman–Crippen LogP) is 3.73. The van der Waals surface area contributed by atoms with Crippen LogP contribution in [0.25, 0.3) is 22.1 Å². The van der Waals surface area contributed by atoms with Crippen molar-refractivity contribution in [2.75, 3.05) is 6.61 Å². The van der Waals surface area contributed by atoms with Crippen LogP contribution >= 0.6 is 0 Å². The van der Waals surface area contributed by atoms with Crippen molar-refractivity contribution in [2.24, 2.45) is 0 Å². The lowest BCUT2D eigenvalue weighted by Gasteiger charge is -2.08. The van der Waals surface area contributed by atoms with Crippen LogP contribution in [0.2, 0.25) is 0 Å². The van der Waals surface area contributed by atoms with E-state index in [9.17, 15) is 9.59 Å². The summed E-state index contributed by atoms with van der Waals surface area (Å²) in [6.07, 6.45) is 1.40. The molecule has 0 aliphatic rings. The lowest BCUT2D eigenvalue weighted by molar-refractivity contribution is 0.300. The molecule has 0 aliphatic heterocycles. The molecule has 2 aromatic heterocycles. The molecule has 2 aromatic carbocycles. The van der Waals surface area contributed by atoms with Gasteiger partial charge >= 0.3 is 11.4 Å². The molecule has 0 amide bonds. The molecule has 0 saturated carbocycles. The second-order valence-corrected chi connectivity index (χ2v) is 6.29. The Bertz CT molecular complexity index is 1210. The van der Waals surface area contributed by atoms with E-state index in [4.69, 9.17) is 13.6 Å². The number of para-hydroxylation sites is 2. The van der Waals surface area contributed by atoms with Gasteiger partial charge in [0.2, 0.25) is 0 Å². The maximum Gasteiger partial charge on any atom is 0.419 e. The molecule has 0 spiro atoms. The Kier molecular flexibility index (Phi) is 4.54. The van der Waals surface area contributed by atoms with E-state index in [0.717, 1.165) is 22.9 Å². The van der Waals surface area contributed by atoms with Gasteiger partial charge in [0.1, 0.15) is 11.3 Å². The standard InChI is InChI=1S/C21H19NO5/c1-2-14-12-20(23)26-19-13-15(8-9-16(14)19)25-11-5-10-22-17-6-3-4-7-18(17)27-21(22)24/h3-4,6-9,12-13H,2,5,10-11H2,1H3. The van der Waals surface area contributed by atoms with E-state index in [1.54, 1.807) is 16.7 Å². The molecule has 6 nitrogen and oxygen atoms in total. The minimum absolute atomic E-state index is 0.359. The highest BCUT2D eigenvalue weighted by molar-refractivity contribution is 5.81. The van der Waals surface area contributed by atoms with Gasteiger partial charge in [-0.3, -0.25) is 4.57 Å². The van der Waals surface area contributed by atoms with E-state index in [0.29, 0.717) is 36.5 Å². The SMILES string of the molecule is CCc1cc(=O)oc2cc(OCCCn3c(=O)oc4ccccc43)ccc12. The number of ether oxygens (including phenoxy) is 1. The van der Waals surface area contributed by atoms with E-state index in [1.807, 2.05) is 37.3 Å². The van der Waals surface area contributed by atoms with Gasteiger partial charge in [0.05, 0.1) is 12.1 Å². The molecule has 4 rings (SSSR count).